The molecular formula is C17H35NO. The lowest BCUT2D eigenvalue weighted by Gasteiger charge is -2.31. The van der Waals surface area contributed by atoms with Gasteiger partial charge in [-0.1, -0.05) is 57.1 Å². The smallest absolute Gasteiger partial charge is 0.0782 e. The summed E-state index contributed by atoms with van der Waals surface area (Å²) in [7, 11) is 0. The van der Waals surface area contributed by atoms with Gasteiger partial charge < -0.3 is 10.4 Å². The fourth-order valence-corrected chi connectivity index (χ4v) is 2.46. The van der Waals surface area contributed by atoms with E-state index in [9.17, 15) is 5.11 Å². The Hall–Kier alpha value is -0.340. The number of unbranched alkanes of at least 4 members (excludes halogenated alkanes) is 6. The van der Waals surface area contributed by atoms with Crippen molar-refractivity contribution in [2.45, 2.75) is 91.2 Å². The number of aliphatic hydroxyl groups is 1. The zero-order valence-electron chi connectivity index (χ0n) is 13.8. The molecule has 0 bridgehead atoms. The summed E-state index contributed by atoms with van der Waals surface area (Å²) in [5.41, 5.74) is 0.521. The minimum Gasteiger partial charge on any atom is -0.388 e. The lowest BCUT2D eigenvalue weighted by molar-refractivity contribution is 0.0504. The van der Waals surface area contributed by atoms with Crippen LogP contribution in [0.1, 0.15) is 79.6 Å². The maximum absolute atomic E-state index is 10.2. The van der Waals surface area contributed by atoms with Crippen molar-refractivity contribution in [3.8, 4) is 0 Å². The van der Waals surface area contributed by atoms with Crippen LogP contribution >= 0.6 is 0 Å². The van der Waals surface area contributed by atoms with E-state index in [1.807, 2.05) is 20.8 Å². The monoisotopic (exact) mass is 269 g/mol. The molecular weight excluding hydrogens is 234 g/mol. The number of allylic oxidation sites excluding steroid dienone is 1. The number of nitrogens with one attached hydrogen (secondary N) is 1. The van der Waals surface area contributed by atoms with Gasteiger partial charge in [-0.25, -0.2) is 0 Å². The van der Waals surface area contributed by atoms with Crippen molar-refractivity contribution in [2.75, 3.05) is 6.54 Å². The maximum atomic E-state index is 10.2. The maximum Gasteiger partial charge on any atom is 0.0782 e. The predicted molar refractivity (Wildman–Crippen MR) is 85.5 cm³/mol. The van der Waals surface area contributed by atoms with E-state index in [0.717, 1.165) is 6.54 Å². The van der Waals surface area contributed by atoms with Crippen LogP contribution in [0.15, 0.2) is 11.6 Å². The van der Waals surface area contributed by atoms with Crippen LogP contribution in [0, 0.1) is 0 Å². The molecule has 0 fully saturated rings. The average Bonchev–Trinajstić information content (AvgIpc) is 2.34. The first-order valence-corrected chi connectivity index (χ1v) is 8.02. The van der Waals surface area contributed by atoms with Crippen LogP contribution in [0.25, 0.3) is 0 Å². The Balaban J connectivity index is 3.77. The molecule has 0 amide bonds. The highest BCUT2D eigenvalue weighted by molar-refractivity contribution is 5.12. The van der Waals surface area contributed by atoms with Gasteiger partial charge in [0.25, 0.3) is 0 Å². The Morgan fingerprint density at radius 3 is 2.11 bits per heavy atom. The fraction of sp³-hybridized carbons (Fsp3) is 0.882. The zero-order valence-corrected chi connectivity index (χ0v) is 13.8. The summed E-state index contributed by atoms with van der Waals surface area (Å²) in [6.45, 7) is 11.1. The van der Waals surface area contributed by atoms with Crippen molar-refractivity contribution in [1.82, 2.24) is 5.32 Å². The van der Waals surface area contributed by atoms with Crippen LogP contribution in [0.4, 0.5) is 0 Å². The van der Waals surface area contributed by atoms with Crippen molar-refractivity contribution in [2.24, 2.45) is 0 Å². The molecule has 1 unspecified atom stereocenters. The van der Waals surface area contributed by atoms with E-state index in [2.05, 4.69) is 25.2 Å². The molecule has 0 aromatic heterocycles. The molecule has 0 rings (SSSR count). The molecule has 0 heterocycles. The van der Waals surface area contributed by atoms with Gasteiger partial charge in [-0.15, -0.1) is 0 Å². The van der Waals surface area contributed by atoms with E-state index in [0.29, 0.717) is 0 Å². The average molecular weight is 269 g/mol. The Labute approximate surface area is 120 Å². The molecule has 2 heteroatoms. The topological polar surface area (TPSA) is 32.3 Å². The van der Waals surface area contributed by atoms with Crippen molar-refractivity contribution in [3.05, 3.63) is 11.6 Å². The second kappa shape index (κ2) is 10.4. The van der Waals surface area contributed by atoms with E-state index >= 15 is 0 Å². The van der Waals surface area contributed by atoms with E-state index in [1.165, 1.54) is 50.5 Å². The molecule has 2 nitrogen and oxygen atoms in total. The number of hydrogen-bond donors (Lipinski definition) is 2. The van der Waals surface area contributed by atoms with Gasteiger partial charge in [0.2, 0.25) is 0 Å². The molecule has 0 aromatic rings. The highest BCUT2D eigenvalue weighted by Crippen LogP contribution is 2.16. The summed E-state index contributed by atoms with van der Waals surface area (Å²) in [6.07, 6.45) is 11.4. The molecule has 1 atom stereocenters. The van der Waals surface area contributed by atoms with Crippen LogP contribution < -0.4 is 5.32 Å². The van der Waals surface area contributed by atoms with Crippen molar-refractivity contribution in [3.63, 3.8) is 0 Å². The third-order valence-corrected chi connectivity index (χ3v) is 3.75. The molecule has 0 aliphatic heterocycles. The van der Waals surface area contributed by atoms with Gasteiger partial charge >= 0.3 is 0 Å². The van der Waals surface area contributed by atoms with Crippen molar-refractivity contribution >= 4 is 0 Å². The summed E-state index contributed by atoms with van der Waals surface area (Å²) in [6, 6.07) is 0.0672. The summed E-state index contributed by atoms with van der Waals surface area (Å²) in [5, 5.41) is 13.7. The van der Waals surface area contributed by atoms with Crippen LogP contribution in [0.3, 0.4) is 0 Å². The lowest BCUT2D eigenvalue weighted by Crippen LogP contribution is -2.47. The minimum absolute atomic E-state index is 0.0672. The van der Waals surface area contributed by atoms with Gasteiger partial charge in [-0.05, 0) is 40.7 Å². The van der Waals surface area contributed by atoms with E-state index < -0.39 is 5.60 Å². The molecule has 2 N–H and O–H groups in total. The first-order chi connectivity index (χ1) is 8.93. The normalized spacial score (nSPS) is 14.7. The van der Waals surface area contributed by atoms with Crippen molar-refractivity contribution < 1.29 is 5.11 Å². The first-order valence-electron chi connectivity index (χ1n) is 8.02. The van der Waals surface area contributed by atoms with Gasteiger partial charge in [-0.2, -0.15) is 0 Å². The standard InChI is InChI=1S/C17H35NO/c1-6-8-9-10-11-12-13-14-18-16(15(3)7-2)17(4,5)19/h7,16,18-19H,6,8-14H2,1-5H3. The number of hydrogen-bond acceptors (Lipinski definition) is 2. The zero-order chi connectivity index (χ0) is 14.7. The molecule has 114 valence electrons. The quantitative estimate of drug-likeness (QED) is 0.429. The van der Waals surface area contributed by atoms with Gasteiger partial charge in [-0.3, -0.25) is 0 Å². The van der Waals surface area contributed by atoms with Gasteiger partial charge in [0.1, 0.15) is 0 Å². The van der Waals surface area contributed by atoms with E-state index in [1.54, 1.807) is 0 Å². The second-order valence-electron chi connectivity index (χ2n) is 6.19. The molecule has 0 spiro atoms. The molecule has 19 heavy (non-hydrogen) atoms. The van der Waals surface area contributed by atoms with Crippen LogP contribution in [-0.2, 0) is 0 Å². The van der Waals surface area contributed by atoms with Crippen molar-refractivity contribution in [1.29, 1.82) is 0 Å². The summed E-state index contributed by atoms with van der Waals surface area (Å²) in [5.74, 6) is 0. The molecule has 0 aromatic carbocycles. The summed E-state index contributed by atoms with van der Waals surface area (Å²) in [4.78, 5) is 0. The molecule has 0 saturated carbocycles. The highest BCUT2D eigenvalue weighted by atomic mass is 16.3. The van der Waals surface area contributed by atoms with Gasteiger partial charge in [0.15, 0.2) is 0 Å². The number of rotatable bonds is 11. The first kappa shape index (κ1) is 18.7. The highest BCUT2D eigenvalue weighted by Gasteiger charge is 2.26. The second-order valence-corrected chi connectivity index (χ2v) is 6.19. The SMILES string of the molecule is CC=C(C)C(NCCCCCCCCC)C(C)(C)O. The van der Waals surface area contributed by atoms with Gasteiger partial charge in [0.05, 0.1) is 11.6 Å². The molecule has 0 radical (unpaired) electrons. The van der Waals surface area contributed by atoms with E-state index in [-0.39, 0.29) is 6.04 Å². The fourth-order valence-electron chi connectivity index (χ4n) is 2.46. The Morgan fingerprint density at radius 2 is 1.63 bits per heavy atom. The molecule has 0 aliphatic rings. The predicted octanol–water partition coefficient (Wildman–Crippen LogP) is 4.43. The lowest BCUT2D eigenvalue weighted by atomic mass is 9.92. The Bertz CT molecular complexity index is 240. The van der Waals surface area contributed by atoms with Gasteiger partial charge in [0, 0.05) is 0 Å². The molecule has 0 saturated heterocycles. The van der Waals surface area contributed by atoms with E-state index in [4.69, 9.17) is 0 Å². The summed E-state index contributed by atoms with van der Waals surface area (Å²) < 4.78 is 0. The Kier molecular flexibility index (Phi) is 10.3. The van der Waals surface area contributed by atoms with Crippen LogP contribution in [0.5, 0.6) is 0 Å². The summed E-state index contributed by atoms with van der Waals surface area (Å²) >= 11 is 0. The third-order valence-electron chi connectivity index (χ3n) is 3.75. The Morgan fingerprint density at radius 1 is 1.11 bits per heavy atom. The molecule has 0 aliphatic carbocycles. The minimum atomic E-state index is -0.697. The third kappa shape index (κ3) is 9.23. The van der Waals surface area contributed by atoms with Crippen LogP contribution in [-0.4, -0.2) is 23.3 Å². The van der Waals surface area contributed by atoms with Crippen LogP contribution in [0.2, 0.25) is 0 Å². The largest absolute Gasteiger partial charge is 0.388 e.